The Kier molecular flexibility index (Phi) is 8.49. The number of nitrogens with one attached hydrogen (secondary N) is 1. The minimum Gasteiger partial charge on any atom is -0.315 e. The molecule has 0 aliphatic carbocycles. The number of hydrogen-bond acceptors (Lipinski definition) is 2. The fraction of sp³-hybridized carbons (Fsp3) is 1.00. The van der Waals surface area contributed by atoms with E-state index in [1.807, 2.05) is 0 Å². The van der Waals surface area contributed by atoms with Crippen molar-refractivity contribution in [2.24, 2.45) is 5.92 Å². The van der Waals surface area contributed by atoms with E-state index in [-0.39, 0.29) is 12.4 Å². The molecule has 1 fully saturated rings. The summed E-state index contributed by atoms with van der Waals surface area (Å²) in [5, 5.41) is 3.62. The molecule has 1 saturated heterocycles. The van der Waals surface area contributed by atoms with Gasteiger partial charge in [-0.2, -0.15) is 0 Å². The van der Waals surface area contributed by atoms with Gasteiger partial charge in [-0.1, -0.05) is 26.7 Å². The Labute approximate surface area is 101 Å². The molecule has 1 aliphatic rings. The van der Waals surface area contributed by atoms with Crippen LogP contribution in [0.15, 0.2) is 0 Å². The number of hydrogen-bond donors (Lipinski definition) is 1. The third-order valence-electron chi connectivity index (χ3n) is 3.64. The number of rotatable bonds is 6. The van der Waals surface area contributed by atoms with Crippen molar-refractivity contribution in [2.45, 2.75) is 45.6 Å². The van der Waals surface area contributed by atoms with Crippen LogP contribution < -0.4 is 5.32 Å². The number of likely N-dealkylation sites (N-methyl/N-ethyl adjacent to an activating group) is 1. The summed E-state index contributed by atoms with van der Waals surface area (Å²) in [4.78, 5) is 2.49. The van der Waals surface area contributed by atoms with Crippen LogP contribution in [0.1, 0.15) is 39.5 Å². The van der Waals surface area contributed by atoms with Crippen molar-refractivity contribution in [2.75, 3.05) is 26.7 Å². The van der Waals surface area contributed by atoms with Crippen LogP contribution >= 0.6 is 12.4 Å². The topological polar surface area (TPSA) is 15.3 Å². The van der Waals surface area contributed by atoms with Crippen LogP contribution in [0.2, 0.25) is 0 Å². The molecule has 0 spiro atoms. The Hall–Kier alpha value is 0.210. The van der Waals surface area contributed by atoms with E-state index in [0.717, 1.165) is 12.0 Å². The zero-order valence-electron chi connectivity index (χ0n) is 10.5. The Balaban J connectivity index is 0.00000196. The third-order valence-corrected chi connectivity index (χ3v) is 3.64. The normalized spacial score (nSPS) is 22.0. The molecule has 1 aliphatic heterocycles. The van der Waals surface area contributed by atoms with Crippen molar-refractivity contribution >= 4 is 12.4 Å². The second-order valence-corrected chi connectivity index (χ2v) is 4.62. The highest BCUT2D eigenvalue weighted by atomic mass is 35.5. The quantitative estimate of drug-likeness (QED) is 0.760. The van der Waals surface area contributed by atoms with Crippen LogP contribution in [0, 0.1) is 5.92 Å². The molecule has 1 rings (SSSR count). The Morgan fingerprint density at radius 1 is 1.33 bits per heavy atom. The maximum atomic E-state index is 3.62. The van der Waals surface area contributed by atoms with Gasteiger partial charge in [0.15, 0.2) is 0 Å². The zero-order chi connectivity index (χ0) is 10.4. The van der Waals surface area contributed by atoms with Crippen molar-refractivity contribution in [3.05, 3.63) is 0 Å². The summed E-state index contributed by atoms with van der Waals surface area (Å²) in [5.41, 5.74) is 0. The molecule has 0 bridgehead atoms. The first-order chi connectivity index (χ1) is 6.77. The van der Waals surface area contributed by atoms with Crippen LogP contribution in [-0.2, 0) is 0 Å². The number of halogens is 1. The van der Waals surface area contributed by atoms with E-state index in [0.29, 0.717) is 0 Å². The summed E-state index contributed by atoms with van der Waals surface area (Å²) in [6.45, 7) is 8.26. The van der Waals surface area contributed by atoms with Crippen molar-refractivity contribution in [3.8, 4) is 0 Å². The van der Waals surface area contributed by atoms with Crippen LogP contribution in [0.4, 0.5) is 0 Å². The number of likely N-dealkylation sites (tertiary alicyclic amines) is 1. The van der Waals surface area contributed by atoms with Crippen LogP contribution in [-0.4, -0.2) is 37.6 Å². The summed E-state index contributed by atoms with van der Waals surface area (Å²) >= 11 is 0. The molecule has 0 amide bonds. The third kappa shape index (κ3) is 5.19. The first-order valence-electron chi connectivity index (χ1n) is 6.18. The molecule has 1 atom stereocenters. The standard InChI is InChI=1S/C12H26N2.ClH/c1-4-11(5-2)9-13-10-12-7-6-8-14(12)3;/h11-13H,4-10H2,1-3H3;1H. The molecule has 3 heteroatoms. The maximum Gasteiger partial charge on any atom is 0.0218 e. The summed E-state index contributed by atoms with van der Waals surface area (Å²) in [6.07, 6.45) is 5.38. The average molecular weight is 235 g/mol. The lowest BCUT2D eigenvalue weighted by molar-refractivity contribution is 0.293. The molecule has 0 aromatic rings. The molecule has 0 aromatic heterocycles. The Bertz CT molecular complexity index is 149. The van der Waals surface area contributed by atoms with Gasteiger partial charge >= 0.3 is 0 Å². The second-order valence-electron chi connectivity index (χ2n) is 4.62. The van der Waals surface area contributed by atoms with Crippen LogP contribution in [0.3, 0.4) is 0 Å². The van der Waals surface area contributed by atoms with E-state index in [9.17, 15) is 0 Å². The molecule has 2 nitrogen and oxygen atoms in total. The van der Waals surface area contributed by atoms with Crippen LogP contribution in [0.5, 0.6) is 0 Å². The predicted molar refractivity (Wildman–Crippen MR) is 69.8 cm³/mol. The highest BCUT2D eigenvalue weighted by Gasteiger charge is 2.20. The maximum absolute atomic E-state index is 3.62. The smallest absolute Gasteiger partial charge is 0.0218 e. The van der Waals surface area contributed by atoms with Gasteiger partial charge < -0.3 is 10.2 Å². The van der Waals surface area contributed by atoms with Gasteiger partial charge in [-0.05, 0) is 38.9 Å². The van der Waals surface area contributed by atoms with E-state index in [1.54, 1.807) is 0 Å². The predicted octanol–water partition coefficient (Wildman–Crippen LogP) is 2.53. The molecule has 0 aromatic carbocycles. The minimum absolute atomic E-state index is 0. The van der Waals surface area contributed by atoms with Gasteiger partial charge in [-0.3, -0.25) is 0 Å². The van der Waals surface area contributed by atoms with E-state index in [2.05, 4.69) is 31.1 Å². The number of nitrogens with zero attached hydrogens (tertiary/aromatic N) is 1. The lowest BCUT2D eigenvalue weighted by Crippen LogP contribution is -2.37. The monoisotopic (exact) mass is 234 g/mol. The summed E-state index contributed by atoms with van der Waals surface area (Å²) in [6, 6.07) is 0.796. The highest BCUT2D eigenvalue weighted by molar-refractivity contribution is 5.85. The van der Waals surface area contributed by atoms with E-state index >= 15 is 0 Å². The molecule has 0 saturated carbocycles. The van der Waals surface area contributed by atoms with Gasteiger partial charge in [-0.15, -0.1) is 12.4 Å². The van der Waals surface area contributed by atoms with E-state index in [4.69, 9.17) is 0 Å². The van der Waals surface area contributed by atoms with Crippen molar-refractivity contribution in [1.29, 1.82) is 0 Å². The first kappa shape index (κ1) is 15.2. The van der Waals surface area contributed by atoms with Crippen molar-refractivity contribution in [1.82, 2.24) is 10.2 Å². The Morgan fingerprint density at radius 3 is 2.47 bits per heavy atom. The summed E-state index contributed by atoms with van der Waals surface area (Å²) in [5.74, 6) is 0.877. The van der Waals surface area contributed by atoms with E-state index in [1.165, 1.54) is 45.3 Å². The van der Waals surface area contributed by atoms with Gasteiger partial charge in [0.05, 0.1) is 0 Å². The highest BCUT2D eigenvalue weighted by Crippen LogP contribution is 2.13. The lowest BCUT2D eigenvalue weighted by atomic mass is 10.0. The van der Waals surface area contributed by atoms with E-state index < -0.39 is 0 Å². The molecule has 1 N–H and O–H groups in total. The van der Waals surface area contributed by atoms with Crippen LogP contribution in [0.25, 0.3) is 0 Å². The molecular weight excluding hydrogens is 208 g/mol. The van der Waals surface area contributed by atoms with Gasteiger partial charge in [0.2, 0.25) is 0 Å². The zero-order valence-corrected chi connectivity index (χ0v) is 11.3. The fourth-order valence-electron chi connectivity index (χ4n) is 2.27. The van der Waals surface area contributed by atoms with Crippen molar-refractivity contribution in [3.63, 3.8) is 0 Å². The molecule has 1 unspecified atom stereocenters. The lowest BCUT2D eigenvalue weighted by Gasteiger charge is -2.21. The second kappa shape index (κ2) is 8.37. The molecule has 0 radical (unpaired) electrons. The van der Waals surface area contributed by atoms with Gasteiger partial charge in [-0.25, -0.2) is 0 Å². The van der Waals surface area contributed by atoms with Gasteiger partial charge in [0, 0.05) is 12.6 Å². The van der Waals surface area contributed by atoms with Gasteiger partial charge in [0.1, 0.15) is 0 Å². The summed E-state index contributed by atoms with van der Waals surface area (Å²) in [7, 11) is 2.25. The molecule has 92 valence electrons. The Morgan fingerprint density at radius 2 is 2.00 bits per heavy atom. The largest absolute Gasteiger partial charge is 0.315 e. The molecule has 15 heavy (non-hydrogen) atoms. The SMILES string of the molecule is CCC(CC)CNCC1CCCN1C.Cl. The molecular formula is C12H27ClN2. The average Bonchev–Trinajstić information content (AvgIpc) is 2.59. The summed E-state index contributed by atoms with van der Waals surface area (Å²) < 4.78 is 0. The minimum atomic E-state index is 0. The molecule has 1 heterocycles. The first-order valence-corrected chi connectivity index (χ1v) is 6.18. The van der Waals surface area contributed by atoms with Crippen molar-refractivity contribution < 1.29 is 0 Å². The fourth-order valence-corrected chi connectivity index (χ4v) is 2.27. The van der Waals surface area contributed by atoms with Gasteiger partial charge in [0.25, 0.3) is 0 Å².